The fourth-order valence-electron chi connectivity index (χ4n) is 1.77. The predicted molar refractivity (Wildman–Crippen MR) is 52.9 cm³/mol. The van der Waals surface area contributed by atoms with Crippen molar-refractivity contribution in [2.45, 2.75) is 19.8 Å². The van der Waals surface area contributed by atoms with Crippen LogP contribution in [0.5, 0.6) is 0 Å². The Morgan fingerprint density at radius 3 is 2.81 bits per heavy atom. The van der Waals surface area contributed by atoms with Crippen LogP contribution in [0.25, 0.3) is 0 Å². The van der Waals surface area contributed by atoms with Crippen LogP contribution in [0.15, 0.2) is 0 Å². The van der Waals surface area contributed by atoms with Crippen molar-refractivity contribution in [1.29, 1.82) is 0 Å². The van der Waals surface area contributed by atoms with E-state index in [9.17, 15) is 19.7 Å². The van der Waals surface area contributed by atoms with E-state index < -0.39 is 16.8 Å². The maximum absolute atomic E-state index is 11.4. The first-order valence-corrected chi connectivity index (χ1v) is 5.08. The summed E-state index contributed by atoms with van der Waals surface area (Å²) >= 11 is 0. The van der Waals surface area contributed by atoms with Crippen molar-refractivity contribution in [3.63, 3.8) is 0 Å². The molecule has 90 valence electrons. The number of nitrogens with zero attached hydrogens (tertiary/aromatic N) is 2. The third kappa shape index (κ3) is 3.48. The van der Waals surface area contributed by atoms with E-state index in [1.54, 1.807) is 0 Å². The van der Waals surface area contributed by atoms with Gasteiger partial charge >= 0.3 is 0 Å². The lowest BCUT2D eigenvalue weighted by atomic mass is 9.99. The highest BCUT2D eigenvalue weighted by atomic mass is 16.9. The van der Waals surface area contributed by atoms with Crippen molar-refractivity contribution in [2.24, 2.45) is 5.92 Å². The largest absolute Gasteiger partial charge is 0.336 e. The zero-order chi connectivity index (χ0) is 12.1. The number of likely N-dealkylation sites (tertiary alicyclic amines) is 1. The average molecular weight is 230 g/mol. The first-order chi connectivity index (χ1) is 7.50. The number of hydrogen-bond donors (Lipinski definition) is 0. The zero-order valence-electron chi connectivity index (χ0n) is 9.05. The van der Waals surface area contributed by atoms with Gasteiger partial charge in [-0.2, -0.15) is 0 Å². The summed E-state index contributed by atoms with van der Waals surface area (Å²) in [5.74, 6) is -1.09. The van der Waals surface area contributed by atoms with Crippen molar-refractivity contribution >= 4 is 11.7 Å². The Balaban J connectivity index is 2.44. The van der Waals surface area contributed by atoms with E-state index in [1.807, 2.05) is 0 Å². The Hall–Kier alpha value is -1.66. The number of piperidine rings is 1. The summed E-state index contributed by atoms with van der Waals surface area (Å²) in [7, 11) is 0. The van der Waals surface area contributed by atoms with Gasteiger partial charge in [0.15, 0.2) is 0 Å². The number of amides is 1. The maximum atomic E-state index is 11.4. The summed E-state index contributed by atoms with van der Waals surface area (Å²) in [5.41, 5.74) is 0. The Bertz CT molecular complexity index is 304. The SMILES string of the molecule is CC(=O)C(=O)N1CCCC(CO[N+](=O)[O-])C1. The Morgan fingerprint density at radius 2 is 2.25 bits per heavy atom. The van der Waals surface area contributed by atoms with Crippen LogP contribution < -0.4 is 0 Å². The lowest BCUT2D eigenvalue weighted by molar-refractivity contribution is -0.759. The van der Waals surface area contributed by atoms with Gasteiger partial charge in [0.05, 0.1) is 0 Å². The molecule has 0 saturated carbocycles. The van der Waals surface area contributed by atoms with E-state index >= 15 is 0 Å². The van der Waals surface area contributed by atoms with Gasteiger partial charge in [0.25, 0.3) is 11.0 Å². The number of carbonyl (C=O) groups excluding carboxylic acids is 2. The number of rotatable bonds is 4. The van der Waals surface area contributed by atoms with Crippen LogP contribution in [0.4, 0.5) is 0 Å². The standard InChI is InChI=1S/C9H14N2O5/c1-7(12)9(13)10-4-2-3-8(5-10)6-16-11(14)15/h8H,2-6H2,1H3. The monoisotopic (exact) mass is 230 g/mol. The summed E-state index contributed by atoms with van der Waals surface area (Å²) in [6, 6.07) is 0. The quantitative estimate of drug-likeness (QED) is 0.386. The average Bonchev–Trinajstić information content (AvgIpc) is 2.25. The summed E-state index contributed by atoms with van der Waals surface area (Å²) in [4.78, 5) is 38.0. The van der Waals surface area contributed by atoms with Gasteiger partial charge in [0.1, 0.15) is 6.61 Å². The van der Waals surface area contributed by atoms with Crippen LogP contribution in [-0.2, 0) is 14.4 Å². The number of Topliss-reactive ketones (excluding diaryl/α,β-unsaturated/α-hetero) is 1. The molecule has 16 heavy (non-hydrogen) atoms. The summed E-state index contributed by atoms with van der Waals surface area (Å²) in [6.45, 7) is 2.09. The predicted octanol–water partition coefficient (Wildman–Crippen LogP) is 0.0223. The van der Waals surface area contributed by atoms with Crippen LogP contribution >= 0.6 is 0 Å². The normalized spacial score (nSPS) is 20.3. The van der Waals surface area contributed by atoms with E-state index in [-0.39, 0.29) is 12.5 Å². The Labute approximate surface area is 92.5 Å². The lowest BCUT2D eigenvalue weighted by Gasteiger charge is -2.31. The van der Waals surface area contributed by atoms with E-state index in [0.29, 0.717) is 13.1 Å². The second-order valence-corrected chi connectivity index (χ2v) is 3.83. The first kappa shape index (κ1) is 12.4. The molecule has 7 heteroatoms. The molecule has 0 aliphatic carbocycles. The fraction of sp³-hybridized carbons (Fsp3) is 0.778. The Kier molecular flexibility index (Phi) is 4.21. The molecule has 1 unspecified atom stereocenters. The van der Waals surface area contributed by atoms with E-state index in [2.05, 4.69) is 4.84 Å². The van der Waals surface area contributed by atoms with Gasteiger partial charge in [-0.25, -0.2) is 0 Å². The van der Waals surface area contributed by atoms with E-state index in [4.69, 9.17) is 0 Å². The third-order valence-corrected chi connectivity index (χ3v) is 2.52. The van der Waals surface area contributed by atoms with E-state index in [1.165, 1.54) is 11.8 Å². The van der Waals surface area contributed by atoms with Crippen LogP contribution in [0.1, 0.15) is 19.8 Å². The molecule has 1 fully saturated rings. The van der Waals surface area contributed by atoms with Crippen molar-refractivity contribution in [1.82, 2.24) is 4.90 Å². The maximum Gasteiger partial charge on any atom is 0.294 e. The van der Waals surface area contributed by atoms with Crippen LogP contribution in [0.2, 0.25) is 0 Å². The molecule has 1 aliphatic heterocycles. The molecule has 1 saturated heterocycles. The van der Waals surface area contributed by atoms with Gasteiger partial charge in [-0.15, -0.1) is 10.1 Å². The molecular weight excluding hydrogens is 216 g/mol. The van der Waals surface area contributed by atoms with Gasteiger partial charge in [0, 0.05) is 25.9 Å². The van der Waals surface area contributed by atoms with Crippen LogP contribution in [-0.4, -0.2) is 41.4 Å². The molecule has 1 heterocycles. The second kappa shape index (κ2) is 5.43. The fourth-order valence-corrected chi connectivity index (χ4v) is 1.77. The highest BCUT2D eigenvalue weighted by molar-refractivity contribution is 6.35. The topological polar surface area (TPSA) is 89.8 Å². The van der Waals surface area contributed by atoms with Gasteiger partial charge in [-0.1, -0.05) is 0 Å². The zero-order valence-corrected chi connectivity index (χ0v) is 9.05. The minimum atomic E-state index is -0.842. The Morgan fingerprint density at radius 1 is 1.56 bits per heavy atom. The minimum Gasteiger partial charge on any atom is -0.336 e. The first-order valence-electron chi connectivity index (χ1n) is 5.08. The van der Waals surface area contributed by atoms with Crippen LogP contribution in [0, 0.1) is 16.0 Å². The van der Waals surface area contributed by atoms with Gasteiger partial charge < -0.3 is 9.74 Å². The molecule has 0 aromatic carbocycles. The molecule has 7 nitrogen and oxygen atoms in total. The molecule has 0 radical (unpaired) electrons. The lowest BCUT2D eigenvalue weighted by Crippen LogP contribution is -2.43. The van der Waals surface area contributed by atoms with Gasteiger partial charge in [-0.05, 0) is 12.8 Å². The third-order valence-electron chi connectivity index (χ3n) is 2.52. The summed E-state index contributed by atoms with van der Waals surface area (Å²) in [6.07, 6.45) is 1.51. The molecule has 0 aromatic heterocycles. The van der Waals surface area contributed by atoms with E-state index in [0.717, 1.165) is 12.8 Å². The molecular formula is C9H14N2O5. The molecule has 1 rings (SSSR count). The number of ketones is 1. The highest BCUT2D eigenvalue weighted by Gasteiger charge is 2.26. The smallest absolute Gasteiger partial charge is 0.294 e. The number of hydrogen-bond acceptors (Lipinski definition) is 5. The van der Waals surface area contributed by atoms with Gasteiger partial charge in [-0.3, -0.25) is 9.59 Å². The van der Waals surface area contributed by atoms with Crippen molar-refractivity contribution in [3.8, 4) is 0 Å². The molecule has 1 amide bonds. The molecule has 1 atom stereocenters. The molecule has 0 bridgehead atoms. The van der Waals surface area contributed by atoms with Crippen molar-refractivity contribution < 1.29 is 19.5 Å². The minimum absolute atomic E-state index is 0.0192. The van der Waals surface area contributed by atoms with Crippen molar-refractivity contribution in [3.05, 3.63) is 10.1 Å². The summed E-state index contributed by atoms with van der Waals surface area (Å²) in [5, 5.41) is 9.17. The molecule has 1 aliphatic rings. The highest BCUT2D eigenvalue weighted by Crippen LogP contribution is 2.17. The van der Waals surface area contributed by atoms with Gasteiger partial charge in [0.2, 0.25) is 5.78 Å². The molecule has 0 N–H and O–H groups in total. The molecule has 0 aromatic rings. The second-order valence-electron chi connectivity index (χ2n) is 3.83. The molecule has 0 spiro atoms. The number of carbonyl (C=O) groups is 2. The van der Waals surface area contributed by atoms with Crippen molar-refractivity contribution in [2.75, 3.05) is 19.7 Å². The van der Waals surface area contributed by atoms with Crippen LogP contribution in [0.3, 0.4) is 0 Å². The summed E-state index contributed by atoms with van der Waals surface area (Å²) < 4.78 is 0.